The molecule has 3 aromatic rings. The first-order valence-electron chi connectivity index (χ1n) is 5.14. The number of hydrogen-bond donors (Lipinski definition) is 1. The number of nitrogens with zero attached hydrogens (tertiary/aromatic N) is 1. The normalized spacial score (nSPS) is 10.9. The van der Waals surface area contributed by atoms with E-state index in [1.54, 1.807) is 28.9 Å². The van der Waals surface area contributed by atoms with Crippen molar-refractivity contribution in [2.75, 3.05) is 5.32 Å². The van der Waals surface area contributed by atoms with E-state index in [0.29, 0.717) is 0 Å². The van der Waals surface area contributed by atoms with Gasteiger partial charge in [0.05, 0.1) is 11.6 Å². The Morgan fingerprint density at radius 1 is 1.29 bits per heavy atom. The van der Waals surface area contributed by atoms with Gasteiger partial charge >= 0.3 is 0 Å². The second kappa shape index (κ2) is 4.64. The molecule has 0 atom stereocenters. The highest BCUT2D eigenvalue weighted by molar-refractivity contribution is 7.19. The quantitative estimate of drug-likeness (QED) is 0.757. The van der Waals surface area contributed by atoms with Crippen LogP contribution in [0.25, 0.3) is 10.1 Å². The maximum atomic E-state index is 6.35. The summed E-state index contributed by atoms with van der Waals surface area (Å²) in [5, 5.41) is 8.15. The summed E-state index contributed by atoms with van der Waals surface area (Å²) in [5.41, 5.74) is 0. The van der Waals surface area contributed by atoms with Crippen LogP contribution in [0.15, 0.2) is 35.8 Å². The number of benzene rings is 1. The SMILES string of the molecule is Clc1c(CNc2nccs2)sc2ccccc12. The van der Waals surface area contributed by atoms with Crippen LogP contribution >= 0.6 is 34.3 Å². The topological polar surface area (TPSA) is 24.9 Å². The van der Waals surface area contributed by atoms with Crippen molar-refractivity contribution in [1.29, 1.82) is 0 Å². The Morgan fingerprint density at radius 2 is 2.18 bits per heavy atom. The molecule has 0 saturated heterocycles. The summed E-state index contributed by atoms with van der Waals surface area (Å²) in [6.45, 7) is 0.728. The lowest BCUT2D eigenvalue weighted by molar-refractivity contribution is 1.17. The maximum Gasteiger partial charge on any atom is 0.182 e. The molecule has 2 nitrogen and oxygen atoms in total. The molecule has 0 bridgehead atoms. The van der Waals surface area contributed by atoms with Crippen LogP contribution in [0.1, 0.15) is 4.88 Å². The highest BCUT2D eigenvalue weighted by atomic mass is 35.5. The Balaban J connectivity index is 1.88. The van der Waals surface area contributed by atoms with Gasteiger partial charge in [0.25, 0.3) is 0 Å². The number of thiazole rings is 1. The predicted molar refractivity (Wildman–Crippen MR) is 76.3 cm³/mol. The zero-order valence-corrected chi connectivity index (χ0v) is 11.2. The number of anilines is 1. The van der Waals surface area contributed by atoms with Crippen molar-refractivity contribution in [3.8, 4) is 0 Å². The zero-order chi connectivity index (χ0) is 11.7. The molecule has 5 heteroatoms. The van der Waals surface area contributed by atoms with E-state index in [9.17, 15) is 0 Å². The van der Waals surface area contributed by atoms with Gasteiger partial charge in [0.2, 0.25) is 0 Å². The van der Waals surface area contributed by atoms with E-state index >= 15 is 0 Å². The Kier molecular flexibility index (Phi) is 3.01. The molecule has 0 aliphatic heterocycles. The van der Waals surface area contributed by atoms with Crippen molar-refractivity contribution >= 4 is 49.5 Å². The minimum absolute atomic E-state index is 0.728. The molecule has 2 heterocycles. The summed E-state index contributed by atoms with van der Waals surface area (Å²) in [6, 6.07) is 8.20. The number of aromatic nitrogens is 1. The standard InChI is InChI=1S/C12H9ClN2S2/c13-11-8-3-1-2-4-9(8)17-10(11)7-15-12-14-5-6-16-12/h1-6H,7H2,(H,14,15). The lowest BCUT2D eigenvalue weighted by atomic mass is 10.2. The van der Waals surface area contributed by atoms with E-state index in [4.69, 9.17) is 11.6 Å². The second-order valence-corrected chi connectivity index (χ2v) is 5.94. The van der Waals surface area contributed by atoms with Crippen LogP contribution in [-0.4, -0.2) is 4.98 Å². The number of thiophene rings is 1. The molecular formula is C12H9ClN2S2. The molecule has 0 unspecified atom stereocenters. The van der Waals surface area contributed by atoms with Crippen molar-refractivity contribution in [3.05, 3.63) is 45.7 Å². The van der Waals surface area contributed by atoms with Gasteiger partial charge in [0, 0.05) is 26.5 Å². The fraction of sp³-hybridized carbons (Fsp3) is 0.0833. The monoisotopic (exact) mass is 280 g/mol. The molecule has 2 aromatic heterocycles. The van der Waals surface area contributed by atoms with E-state index in [1.165, 1.54) is 4.70 Å². The Labute approximate surface area is 112 Å². The molecule has 1 N–H and O–H groups in total. The molecule has 0 spiro atoms. The summed E-state index contributed by atoms with van der Waals surface area (Å²) in [4.78, 5) is 5.34. The largest absolute Gasteiger partial charge is 0.357 e. The number of hydrogen-bond acceptors (Lipinski definition) is 4. The lowest BCUT2D eigenvalue weighted by Gasteiger charge is -1.99. The molecule has 86 valence electrons. The van der Waals surface area contributed by atoms with Crippen molar-refractivity contribution in [3.63, 3.8) is 0 Å². The van der Waals surface area contributed by atoms with Crippen LogP contribution in [0.2, 0.25) is 5.02 Å². The third-order valence-electron chi connectivity index (χ3n) is 2.43. The van der Waals surface area contributed by atoms with Crippen LogP contribution in [-0.2, 0) is 6.54 Å². The van der Waals surface area contributed by atoms with Gasteiger partial charge in [-0.25, -0.2) is 4.98 Å². The van der Waals surface area contributed by atoms with Crippen molar-refractivity contribution < 1.29 is 0 Å². The predicted octanol–water partition coefficient (Wildman–Crippen LogP) is 4.62. The molecule has 0 aliphatic rings. The lowest BCUT2D eigenvalue weighted by Crippen LogP contribution is -1.96. The first-order chi connectivity index (χ1) is 8.34. The summed E-state index contributed by atoms with van der Waals surface area (Å²) in [5.74, 6) is 0. The van der Waals surface area contributed by atoms with Crippen LogP contribution in [0.3, 0.4) is 0 Å². The summed E-state index contributed by atoms with van der Waals surface area (Å²) in [7, 11) is 0. The third-order valence-corrected chi connectivity index (χ3v) is 4.88. The summed E-state index contributed by atoms with van der Waals surface area (Å²) < 4.78 is 1.23. The molecule has 0 saturated carbocycles. The van der Waals surface area contributed by atoms with Gasteiger partial charge in [-0.15, -0.1) is 22.7 Å². The molecule has 0 radical (unpaired) electrons. The van der Waals surface area contributed by atoms with Crippen LogP contribution in [0.5, 0.6) is 0 Å². The summed E-state index contributed by atoms with van der Waals surface area (Å²) >= 11 is 9.67. The smallest absolute Gasteiger partial charge is 0.182 e. The Morgan fingerprint density at radius 3 is 2.94 bits per heavy atom. The number of halogens is 1. The van der Waals surface area contributed by atoms with E-state index in [0.717, 1.165) is 27.0 Å². The van der Waals surface area contributed by atoms with Gasteiger partial charge in [-0.3, -0.25) is 0 Å². The maximum absolute atomic E-state index is 6.35. The van der Waals surface area contributed by atoms with Crippen LogP contribution < -0.4 is 5.32 Å². The first kappa shape index (κ1) is 11.0. The minimum Gasteiger partial charge on any atom is -0.357 e. The van der Waals surface area contributed by atoms with Crippen molar-refractivity contribution in [1.82, 2.24) is 4.98 Å². The van der Waals surface area contributed by atoms with E-state index < -0.39 is 0 Å². The number of rotatable bonds is 3. The number of fused-ring (bicyclic) bond motifs is 1. The van der Waals surface area contributed by atoms with E-state index in [-0.39, 0.29) is 0 Å². The Hall–Kier alpha value is -1.10. The molecule has 17 heavy (non-hydrogen) atoms. The van der Waals surface area contributed by atoms with E-state index in [1.807, 2.05) is 17.5 Å². The fourth-order valence-corrected chi connectivity index (χ4v) is 3.61. The minimum atomic E-state index is 0.728. The van der Waals surface area contributed by atoms with Gasteiger partial charge in [-0.1, -0.05) is 29.8 Å². The Bertz CT molecular complexity index is 631. The molecule has 0 amide bonds. The number of nitrogens with one attached hydrogen (secondary N) is 1. The van der Waals surface area contributed by atoms with Crippen molar-refractivity contribution in [2.45, 2.75) is 6.54 Å². The zero-order valence-electron chi connectivity index (χ0n) is 8.81. The second-order valence-electron chi connectivity index (χ2n) is 3.53. The average molecular weight is 281 g/mol. The first-order valence-corrected chi connectivity index (χ1v) is 7.21. The van der Waals surface area contributed by atoms with Crippen LogP contribution in [0.4, 0.5) is 5.13 Å². The van der Waals surface area contributed by atoms with Gasteiger partial charge in [0.15, 0.2) is 5.13 Å². The summed E-state index contributed by atoms with van der Waals surface area (Å²) in [6.07, 6.45) is 1.79. The third kappa shape index (κ3) is 2.16. The van der Waals surface area contributed by atoms with Gasteiger partial charge in [0.1, 0.15) is 0 Å². The van der Waals surface area contributed by atoms with Crippen molar-refractivity contribution in [2.24, 2.45) is 0 Å². The molecule has 0 fully saturated rings. The molecule has 3 rings (SSSR count). The molecule has 1 aromatic carbocycles. The molecular weight excluding hydrogens is 272 g/mol. The van der Waals surface area contributed by atoms with Gasteiger partial charge in [-0.2, -0.15) is 0 Å². The average Bonchev–Trinajstić information content (AvgIpc) is 2.96. The van der Waals surface area contributed by atoms with E-state index in [2.05, 4.69) is 22.4 Å². The highest BCUT2D eigenvalue weighted by Crippen LogP contribution is 2.35. The van der Waals surface area contributed by atoms with Crippen LogP contribution in [0, 0.1) is 0 Å². The van der Waals surface area contributed by atoms with Gasteiger partial charge < -0.3 is 5.32 Å². The fourth-order valence-electron chi connectivity index (χ4n) is 1.65. The molecule has 0 aliphatic carbocycles. The van der Waals surface area contributed by atoms with Gasteiger partial charge in [-0.05, 0) is 6.07 Å². The highest BCUT2D eigenvalue weighted by Gasteiger charge is 2.09.